The number of halogens is 1. The maximum Gasteiger partial charge on any atom is 0.240 e. The summed E-state index contributed by atoms with van der Waals surface area (Å²) in [5.41, 5.74) is 0.947. The Kier molecular flexibility index (Phi) is 4.50. The Morgan fingerprint density at radius 3 is 2.70 bits per heavy atom. The van der Waals surface area contributed by atoms with Crippen molar-refractivity contribution in [3.8, 4) is 0 Å². The van der Waals surface area contributed by atoms with Gasteiger partial charge in [0.1, 0.15) is 5.41 Å². The lowest BCUT2D eigenvalue weighted by atomic mass is 9.96. The third kappa shape index (κ3) is 3.30. The number of nitrogens with one attached hydrogen (secondary N) is 1. The molecule has 1 atom stereocenters. The van der Waals surface area contributed by atoms with E-state index >= 15 is 0 Å². The third-order valence-corrected chi connectivity index (χ3v) is 5.47. The molecule has 4 nitrogen and oxygen atoms in total. The van der Waals surface area contributed by atoms with Gasteiger partial charge in [0, 0.05) is 23.2 Å². The molecule has 23 heavy (non-hydrogen) atoms. The Bertz CT molecular complexity index is 640. The number of benzene rings is 1. The molecule has 1 N–H and O–H groups in total. The lowest BCUT2D eigenvalue weighted by molar-refractivity contribution is -0.143. The van der Waals surface area contributed by atoms with Crippen molar-refractivity contribution in [2.75, 3.05) is 18.4 Å². The maximum atomic E-state index is 12.9. The Morgan fingerprint density at radius 1 is 1.35 bits per heavy atom. The van der Waals surface area contributed by atoms with E-state index in [2.05, 4.69) is 28.2 Å². The average molecular weight is 379 g/mol. The summed E-state index contributed by atoms with van der Waals surface area (Å²) in [6, 6.07) is 5.74. The van der Waals surface area contributed by atoms with Crippen LogP contribution < -0.4 is 5.32 Å². The van der Waals surface area contributed by atoms with Crippen molar-refractivity contribution >= 4 is 33.4 Å². The third-order valence-electron chi connectivity index (χ3n) is 4.97. The van der Waals surface area contributed by atoms with Gasteiger partial charge in [-0.1, -0.05) is 22.9 Å². The highest BCUT2D eigenvalue weighted by atomic mass is 79.9. The predicted molar refractivity (Wildman–Crippen MR) is 94.2 cm³/mol. The summed E-state index contributed by atoms with van der Waals surface area (Å²) in [4.78, 5) is 27.5. The first-order valence-electron chi connectivity index (χ1n) is 8.29. The Morgan fingerprint density at radius 2 is 2.09 bits per heavy atom. The zero-order chi connectivity index (χ0) is 16.6. The lowest BCUT2D eigenvalue weighted by Gasteiger charge is -2.33. The normalized spacial score (nSPS) is 22.6. The van der Waals surface area contributed by atoms with Crippen LogP contribution in [-0.2, 0) is 9.59 Å². The molecule has 2 amide bonds. The van der Waals surface area contributed by atoms with Gasteiger partial charge in [-0.15, -0.1) is 0 Å². The van der Waals surface area contributed by atoms with Crippen LogP contribution in [-0.4, -0.2) is 29.8 Å². The number of rotatable bonds is 3. The predicted octanol–water partition coefficient (Wildman–Crippen LogP) is 3.73. The standard InChI is InChI=1S/C18H23BrN2O2/c1-12-4-3-9-21(11-12)17(23)18(7-8-18)16(22)20-15-6-5-14(19)10-13(15)2/h5-6,10,12H,3-4,7-9,11H2,1-2H3,(H,20,22). The Labute approximate surface area is 145 Å². The molecule has 2 fully saturated rings. The van der Waals surface area contributed by atoms with E-state index in [4.69, 9.17) is 0 Å². The average Bonchev–Trinajstić information content (AvgIpc) is 3.31. The number of amides is 2. The molecule has 1 aromatic rings. The minimum Gasteiger partial charge on any atom is -0.342 e. The number of aryl methyl sites for hydroxylation is 1. The summed E-state index contributed by atoms with van der Waals surface area (Å²) in [7, 11) is 0. The van der Waals surface area contributed by atoms with E-state index in [1.54, 1.807) is 0 Å². The van der Waals surface area contributed by atoms with E-state index in [0.717, 1.165) is 35.2 Å². The fraction of sp³-hybridized carbons (Fsp3) is 0.556. The van der Waals surface area contributed by atoms with Crippen LogP contribution in [0.25, 0.3) is 0 Å². The van der Waals surface area contributed by atoms with Crippen LogP contribution in [0, 0.1) is 18.3 Å². The van der Waals surface area contributed by atoms with E-state index in [1.807, 2.05) is 30.0 Å². The largest absolute Gasteiger partial charge is 0.342 e. The summed E-state index contributed by atoms with van der Waals surface area (Å²) in [6.45, 7) is 5.69. The highest BCUT2D eigenvalue weighted by molar-refractivity contribution is 9.10. The summed E-state index contributed by atoms with van der Waals surface area (Å²) in [5.74, 6) is 0.405. The van der Waals surface area contributed by atoms with Crippen LogP contribution >= 0.6 is 15.9 Å². The molecule has 0 bridgehead atoms. The summed E-state index contributed by atoms with van der Waals surface area (Å²) < 4.78 is 0.979. The molecule has 1 saturated carbocycles. The second-order valence-corrected chi connectivity index (χ2v) is 7.91. The van der Waals surface area contributed by atoms with Crippen molar-refractivity contribution in [2.24, 2.45) is 11.3 Å². The molecular formula is C18H23BrN2O2. The first kappa shape index (κ1) is 16.5. The zero-order valence-corrected chi connectivity index (χ0v) is 15.3. The first-order valence-corrected chi connectivity index (χ1v) is 9.09. The van der Waals surface area contributed by atoms with Crippen LogP contribution in [0.5, 0.6) is 0 Å². The van der Waals surface area contributed by atoms with Gasteiger partial charge in [0.2, 0.25) is 11.8 Å². The highest BCUT2D eigenvalue weighted by Gasteiger charge is 2.58. The number of hydrogen-bond acceptors (Lipinski definition) is 2. The van der Waals surface area contributed by atoms with Gasteiger partial charge < -0.3 is 10.2 Å². The molecule has 124 valence electrons. The van der Waals surface area contributed by atoms with Gasteiger partial charge in [-0.2, -0.15) is 0 Å². The number of carbonyl (C=O) groups excluding carboxylic acids is 2. The van der Waals surface area contributed by atoms with E-state index in [-0.39, 0.29) is 11.8 Å². The smallest absolute Gasteiger partial charge is 0.240 e. The van der Waals surface area contributed by atoms with Crippen molar-refractivity contribution in [3.05, 3.63) is 28.2 Å². The summed E-state index contributed by atoms with van der Waals surface area (Å²) in [6.07, 6.45) is 3.54. The van der Waals surface area contributed by atoms with Gasteiger partial charge in [-0.3, -0.25) is 9.59 Å². The van der Waals surface area contributed by atoms with E-state index in [9.17, 15) is 9.59 Å². The van der Waals surface area contributed by atoms with Crippen LogP contribution in [0.3, 0.4) is 0 Å². The fourth-order valence-electron chi connectivity index (χ4n) is 3.35. The lowest BCUT2D eigenvalue weighted by Crippen LogP contribution is -2.46. The quantitative estimate of drug-likeness (QED) is 0.814. The Balaban J connectivity index is 1.72. The fourth-order valence-corrected chi connectivity index (χ4v) is 3.82. The first-order chi connectivity index (χ1) is 10.9. The van der Waals surface area contributed by atoms with Gasteiger partial charge in [0.25, 0.3) is 0 Å². The number of nitrogens with zero attached hydrogens (tertiary/aromatic N) is 1. The number of carbonyl (C=O) groups is 2. The molecule has 1 unspecified atom stereocenters. The molecule has 2 aliphatic rings. The molecule has 1 aromatic carbocycles. The molecule has 1 heterocycles. The second-order valence-electron chi connectivity index (χ2n) is 6.99. The Hall–Kier alpha value is -1.36. The van der Waals surface area contributed by atoms with Crippen molar-refractivity contribution < 1.29 is 9.59 Å². The minimum atomic E-state index is -0.823. The van der Waals surface area contributed by atoms with Crippen LogP contribution in [0.4, 0.5) is 5.69 Å². The molecule has 0 aromatic heterocycles. The number of piperidine rings is 1. The molecule has 0 spiro atoms. The SMILES string of the molecule is Cc1cc(Br)ccc1NC(=O)C1(C(=O)N2CCCC(C)C2)CC1. The molecule has 0 radical (unpaired) electrons. The number of anilines is 1. The van der Waals surface area contributed by atoms with Crippen molar-refractivity contribution in [1.29, 1.82) is 0 Å². The summed E-state index contributed by atoms with van der Waals surface area (Å²) in [5, 5.41) is 2.96. The van der Waals surface area contributed by atoms with Crippen molar-refractivity contribution in [3.63, 3.8) is 0 Å². The number of hydrogen-bond donors (Lipinski definition) is 1. The van der Waals surface area contributed by atoms with Gasteiger partial charge >= 0.3 is 0 Å². The molecule has 5 heteroatoms. The van der Waals surface area contributed by atoms with E-state index in [1.165, 1.54) is 6.42 Å². The number of likely N-dealkylation sites (tertiary alicyclic amines) is 1. The highest BCUT2D eigenvalue weighted by Crippen LogP contribution is 2.48. The maximum absolute atomic E-state index is 12.9. The monoisotopic (exact) mass is 378 g/mol. The van der Waals surface area contributed by atoms with E-state index < -0.39 is 5.41 Å². The minimum absolute atomic E-state index is 0.0244. The van der Waals surface area contributed by atoms with Gasteiger partial charge in [0.05, 0.1) is 0 Å². The molecule has 1 aliphatic carbocycles. The molecule has 1 aliphatic heterocycles. The van der Waals surface area contributed by atoms with Gasteiger partial charge in [-0.25, -0.2) is 0 Å². The molecule has 1 saturated heterocycles. The van der Waals surface area contributed by atoms with Crippen LogP contribution in [0.2, 0.25) is 0 Å². The van der Waals surface area contributed by atoms with Crippen molar-refractivity contribution in [2.45, 2.75) is 39.5 Å². The van der Waals surface area contributed by atoms with Gasteiger partial charge in [0.15, 0.2) is 0 Å². The van der Waals surface area contributed by atoms with Crippen LogP contribution in [0.1, 0.15) is 38.2 Å². The second kappa shape index (κ2) is 6.27. The molecular weight excluding hydrogens is 356 g/mol. The van der Waals surface area contributed by atoms with Crippen molar-refractivity contribution in [1.82, 2.24) is 4.90 Å². The summed E-state index contributed by atoms with van der Waals surface area (Å²) >= 11 is 3.42. The van der Waals surface area contributed by atoms with Crippen LogP contribution in [0.15, 0.2) is 22.7 Å². The zero-order valence-electron chi connectivity index (χ0n) is 13.7. The topological polar surface area (TPSA) is 49.4 Å². The molecule has 3 rings (SSSR count). The van der Waals surface area contributed by atoms with E-state index in [0.29, 0.717) is 18.8 Å². The van der Waals surface area contributed by atoms with Gasteiger partial charge in [-0.05, 0) is 62.3 Å².